The van der Waals surface area contributed by atoms with Crippen molar-refractivity contribution in [2.24, 2.45) is 0 Å². The van der Waals surface area contributed by atoms with Gasteiger partial charge in [-0.05, 0) is 24.4 Å². The summed E-state index contributed by atoms with van der Waals surface area (Å²) < 4.78 is 5.41. The predicted molar refractivity (Wildman–Crippen MR) is 78.1 cm³/mol. The summed E-state index contributed by atoms with van der Waals surface area (Å²) in [6.45, 7) is 3.15. The van der Waals surface area contributed by atoms with Gasteiger partial charge in [0.25, 0.3) is 0 Å². The second-order valence-electron chi connectivity index (χ2n) is 5.04. The van der Waals surface area contributed by atoms with E-state index in [4.69, 9.17) is 4.52 Å². The fourth-order valence-electron chi connectivity index (χ4n) is 2.46. The maximum absolute atomic E-state index is 9.51. The highest BCUT2D eigenvalue weighted by Gasteiger charge is 2.28. The zero-order chi connectivity index (χ0) is 13.7. The van der Waals surface area contributed by atoms with E-state index in [2.05, 4.69) is 26.5 Å². The van der Waals surface area contributed by atoms with Crippen LogP contribution in [0.2, 0.25) is 0 Å². The van der Waals surface area contributed by atoms with Gasteiger partial charge in [-0.25, -0.2) is 4.98 Å². The summed E-state index contributed by atoms with van der Waals surface area (Å²) in [6.07, 6.45) is -0.258. The first-order chi connectivity index (χ1) is 9.72. The Hall–Kier alpha value is -1.92. The molecule has 1 aliphatic rings. The monoisotopic (exact) mass is 287 g/mol. The summed E-state index contributed by atoms with van der Waals surface area (Å²) in [7, 11) is 0. The Labute approximate surface area is 119 Å². The average molecular weight is 287 g/mol. The zero-order valence-corrected chi connectivity index (χ0v) is 11.7. The Balaban J connectivity index is 1.91. The maximum Gasteiger partial charge on any atom is 0.208 e. The van der Waals surface area contributed by atoms with Crippen molar-refractivity contribution in [3.8, 4) is 11.3 Å². The third-order valence-electron chi connectivity index (χ3n) is 3.59. The lowest BCUT2D eigenvalue weighted by molar-refractivity contribution is 0.142. The van der Waals surface area contributed by atoms with Crippen LogP contribution >= 0.6 is 11.3 Å². The number of thiophene rings is 1. The van der Waals surface area contributed by atoms with Crippen LogP contribution in [0.3, 0.4) is 0 Å². The van der Waals surface area contributed by atoms with Gasteiger partial charge < -0.3 is 14.5 Å². The van der Waals surface area contributed by atoms with Gasteiger partial charge in [0.15, 0.2) is 0 Å². The fourth-order valence-corrected chi connectivity index (χ4v) is 3.11. The highest BCUT2D eigenvalue weighted by Crippen LogP contribution is 2.34. The normalized spacial score (nSPS) is 15.8. The van der Waals surface area contributed by atoms with Gasteiger partial charge in [0, 0.05) is 24.0 Å². The van der Waals surface area contributed by atoms with Gasteiger partial charge in [-0.1, -0.05) is 5.16 Å². The van der Waals surface area contributed by atoms with Gasteiger partial charge >= 0.3 is 0 Å². The molecule has 0 radical (unpaired) electrons. The number of anilines is 1. The largest absolute Gasteiger partial charge is 0.389 e. The third kappa shape index (κ3) is 1.72. The van der Waals surface area contributed by atoms with E-state index in [-0.39, 0.29) is 6.10 Å². The number of fused-ring (bicyclic) bond motifs is 1. The van der Waals surface area contributed by atoms with Crippen molar-refractivity contribution in [1.29, 1.82) is 0 Å². The standard InChI is InChI=1S/C14H13N3O2S/c1-8-13-14(19-16-8)12(17-5-10(18)6-17)4-11(15-13)9-2-3-20-7-9/h2-4,7,10,18H,5-6H2,1H3. The first kappa shape index (κ1) is 11.9. The Kier molecular flexibility index (Phi) is 2.55. The summed E-state index contributed by atoms with van der Waals surface area (Å²) in [5.74, 6) is 0. The molecule has 6 heteroatoms. The second kappa shape index (κ2) is 4.29. The van der Waals surface area contributed by atoms with Crippen LogP contribution in [0.4, 0.5) is 5.69 Å². The highest BCUT2D eigenvalue weighted by atomic mass is 32.1. The molecule has 0 aromatic carbocycles. The number of aliphatic hydroxyl groups excluding tert-OH is 1. The quantitative estimate of drug-likeness (QED) is 0.784. The molecule has 1 N–H and O–H groups in total. The topological polar surface area (TPSA) is 62.4 Å². The van der Waals surface area contributed by atoms with Crippen molar-refractivity contribution in [3.05, 3.63) is 28.6 Å². The van der Waals surface area contributed by atoms with Crippen LogP contribution in [0.1, 0.15) is 5.69 Å². The molecule has 0 spiro atoms. The van der Waals surface area contributed by atoms with E-state index >= 15 is 0 Å². The number of β-amino-alcohol motifs (C(OH)–C–C–N with tert-alkyl or cyclic N) is 1. The molecule has 5 nitrogen and oxygen atoms in total. The number of aryl methyl sites for hydroxylation is 1. The molecule has 0 unspecified atom stereocenters. The van der Waals surface area contributed by atoms with Gasteiger partial charge in [-0.15, -0.1) is 0 Å². The van der Waals surface area contributed by atoms with E-state index < -0.39 is 0 Å². The summed E-state index contributed by atoms with van der Waals surface area (Å²) in [5, 5.41) is 17.6. The molecular formula is C14H13N3O2S. The minimum absolute atomic E-state index is 0.258. The van der Waals surface area contributed by atoms with E-state index in [0.29, 0.717) is 18.7 Å². The number of hydrogen-bond donors (Lipinski definition) is 1. The third-order valence-corrected chi connectivity index (χ3v) is 4.27. The van der Waals surface area contributed by atoms with Crippen LogP contribution < -0.4 is 4.90 Å². The molecule has 0 aliphatic carbocycles. The van der Waals surface area contributed by atoms with Crippen molar-refractivity contribution in [3.63, 3.8) is 0 Å². The van der Waals surface area contributed by atoms with E-state index in [1.54, 1.807) is 11.3 Å². The fraction of sp³-hybridized carbons (Fsp3) is 0.286. The van der Waals surface area contributed by atoms with Crippen LogP contribution in [-0.4, -0.2) is 34.4 Å². The molecule has 20 heavy (non-hydrogen) atoms. The van der Waals surface area contributed by atoms with Crippen molar-refractivity contribution in [2.75, 3.05) is 18.0 Å². The number of aliphatic hydroxyl groups is 1. The van der Waals surface area contributed by atoms with Crippen molar-refractivity contribution >= 4 is 28.1 Å². The number of nitrogens with zero attached hydrogens (tertiary/aromatic N) is 3. The number of aromatic nitrogens is 2. The molecular weight excluding hydrogens is 274 g/mol. The molecule has 4 heterocycles. The summed E-state index contributed by atoms with van der Waals surface area (Å²) >= 11 is 1.65. The molecule has 102 valence electrons. The molecule has 3 aromatic rings. The molecule has 3 aromatic heterocycles. The van der Waals surface area contributed by atoms with Crippen LogP contribution in [-0.2, 0) is 0 Å². The Morgan fingerprint density at radius 1 is 1.45 bits per heavy atom. The lowest BCUT2D eigenvalue weighted by Crippen LogP contribution is -2.50. The predicted octanol–water partition coefficient (Wildman–Crippen LogP) is 2.44. The van der Waals surface area contributed by atoms with Crippen LogP contribution in [0.5, 0.6) is 0 Å². The van der Waals surface area contributed by atoms with E-state index in [0.717, 1.165) is 28.2 Å². The SMILES string of the molecule is Cc1noc2c(N3CC(O)C3)cc(-c3ccsc3)nc12. The summed E-state index contributed by atoms with van der Waals surface area (Å²) in [5.41, 5.74) is 5.27. The number of hydrogen-bond acceptors (Lipinski definition) is 6. The van der Waals surface area contributed by atoms with Gasteiger partial charge in [-0.3, -0.25) is 0 Å². The van der Waals surface area contributed by atoms with Crippen molar-refractivity contribution < 1.29 is 9.63 Å². The van der Waals surface area contributed by atoms with Crippen molar-refractivity contribution in [1.82, 2.24) is 10.1 Å². The van der Waals surface area contributed by atoms with E-state index in [1.165, 1.54) is 0 Å². The highest BCUT2D eigenvalue weighted by molar-refractivity contribution is 7.08. The summed E-state index contributed by atoms with van der Waals surface area (Å²) in [4.78, 5) is 6.75. The van der Waals surface area contributed by atoms with Crippen LogP contribution in [0, 0.1) is 6.92 Å². The minimum atomic E-state index is -0.258. The van der Waals surface area contributed by atoms with E-state index in [1.807, 2.05) is 18.4 Å². The lowest BCUT2D eigenvalue weighted by atomic mass is 10.1. The summed E-state index contributed by atoms with van der Waals surface area (Å²) in [6, 6.07) is 4.07. The lowest BCUT2D eigenvalue weighted by Gasteiger charge is -2.37. The van der Waals surface area contributed by atoms with E-state index in [9.17, 15) is 5.11 Å². The average Bonchev–Trinajstić information content (AvgIpc) is 3.05. The second-order valence-corrected chi connectivity index (χ2v) is 5.82. The molecule has 0 bridgehead atoms. The molecule has 0 amide bonds. The van der Waals surface area contributed by atoms with Gasteiger partial charge in [0.05, 0.1) is 17.5 Å². The molecule has 1 saturated heterocycles. The van der Waals surface area contributed by atoms with Gasteiger partial charge in [-0.2, -0.15) is 11.3 Å². The first-order valence-electron chi connectivity index (χ1n) is 6.45. The van der Waals surface area contributed by atoms with Crippen LogP contribution in [0.25, 0.3) is 22.4 Å². The number of rotatable bonds is 2. The van der Waals surface area contributed by atoms with Crippen molar-refractivity contribution in [2.45, 2.75) is 13.0 Å². The number of pyridine rings is 1. The molecule has 1 aliphatic heterocycles. The molecule has 1 fully saturated rings. The molecule has 4 rings (SSSR count). The Bertz CT molecular complexity index is 760. The Morgan fingerprint density at radius 3 is 3.00 bits per heavy atom. The van der Waals surface area contributed by atoms with Crippen LogP contribution in [0.15, 0.2) is 27.4 Å². The Morgan fingerprint density at radius 2 is 2.30 bits per heavy atom. The van der Waals surface area contributed by atoms with Gasteiger partial charge in [0.1, 0.15) is 11.2 Å². The minimum Gasteiger partial charge on any atom is -0.389 e. The molecule has 0 saturated carbocycles. The smallest absolute Gasteiger partial charge is 0.208 e. The first-order valence-corrected chi connectivity index (χ1v) is 7.39. The van der Waals surface area contributed by atoms with Gasteiger partial charge in [0.2, 0.25) is 5.58 Å². The molecule has 0 atom stereocenters. The maximum atomic E-state index is 9.51. The zero-order valence-electron chi connectivity index (χ0n) is 10.9.